The van der Waals surface area contributed by atoms with Crippen molar-refractivity contribution in [3.8, 4) is 0 Å². The van der Waals surface area contributed by atoms with Crippen LogP contribution in [0.3, 0.4) is 0 Å². The summed E-state index contributed by atoms with van der Waals surface area (Å²) in [6.45, 7) is 0. The molecule has 4 nitrogen and oxygen atoms in total. The van der Waals surface area contributed by atoms with Gasteiger partial charge in [-0.2, -0.15) is 0 Å². The molecule has 2 N–H and O–H groups in total. The highest BCUT2D eigenvalue weighted by Gasteiger charge is 2.31. The highest BCUT2D eigenvalue weighted by atomic mass is 16.4. The average molecular weight is 333 g/mol. The van der Waals surface area contributed by atoms with Gasteiger partial charge < -0.3 is 10.4 Å². The minimum Gasteiger partial charge on any atom is -0.480 e. The van der Waals surface area contributed by atoms with E-state index in [1.807, 2.05) is 48.5 Å². The first kappa shape index (κ1) is 15.6. The van der Waals surface area contributed by atoms with Crippen molar-refractivity contribution in [2.24, 2.45) is 5.92 Å². The highest BCUT2D eigenvalue weighted by Crippen LogP contribution is 2.34. The van der Waals surface area contributed by atoms with Crippen LogP contribution in [0, 0.1) is 5.92 Å². The van der Waals surface area contributed by atoms with Gasteiger partial charge in [0.1, 0.15) is 6.04 Å². The third-order valence-corrected chi connectivity index (χ3v) is 4.87. The maximum absolute atomic E-state index is 13.0. The number of nitrogens with one attached hydrogen (secondary N) is 1. The van der Waals surface area contributed by atoms with E-state index in [9.17, 15) is 14.7 Å². The fourth-order valence-corrected chi connectivity index (χ4v) is 3.40. The normalized spacial score (nSPS) is 15.2. The summed E-state index contributed by atoms with van der Waals surface area (Å²) in [6.07, 6.45) is 2.61. The summed E-state index contributed by atoms with van der Waals surface area (Å²) in [4.78, 5) is 24.6. The number of rotatable bonds is 5. The van der Waals surface area contributed by atoms with Crippen LogP contribution in [0.15, 0.2) is 54.6 Å². The van der Waals surface area contributed by atoms with Crippen molar-refractivity contribution in [3.05, 3.63) is 60.2 Å². The molecule has 0 aliphatic heterocycles. The van der Waals surface area contributed by atoms with E-state index in [0.29, 0.717) is 17.9 Å². The Labute approximate surface area is 145 Å². The molecule has 25 heavy (non-hydrogen) atoms. The summed E-state index contributed by atoms with van der Waals surface area (Å²) in [5.41, 5.74) is 0.552. The van der Waals surface area contributed by atoms with Crippen molar-refractivity contribution >= 4 is 33.4 Å². The van der Waals surface area contributed by atoms with Gasteiger partial charge in [0.05, 0.1) is 5.56 Å². The van der Waals surface area contributed by atoms with Crippen LogP contribution >= 0.6 is 0 Å². The monoisotopic (exact) mass is 333 g/mol. The van der Waals surface area contributed by atoms with E-state index in [2.05, 4.69) is 11.4 Å². The summed E-state index contributed by atoms with van der Waals surface area (Å²) in [5, 5.41) is 15.8. The topological polar surface area (TPSA) is 66.4 Å². The minimum absolute atomic E-state index is 0.318. The molecule has 1 saturated carbocycles. The van der Waals surface area contributed by atoms with Crippen LogP contribution in [0.4, 0.5) is 0 Å². The Morgan fingerprint density at radius 3 is 2.08 bits per heavy atom. The second-order valence-corrected chi connectivity index (χ2v) is 6.74. The van der Waals surface area contributed by atoms with Gasteiger partial charge in [-0.25, -0.2) is 4.79 Å². The number of aliphatic carboxylic acids is 1. The van der Waals surface area contributed by atoms with Crippen molar-refractivity contribution in [2.75, 3.05) is 0 Å². The summed E-state index contributed by atoms with van der Waals surface area (Å²) < 4.78 is 0. The average Bonchev–Trinajstić information content (AvgIpc) is 3.42. The number of carbonyl (C=O) groups excluding carboxylic acids is 1. The van der Waals surface area contributed by atoms with Crippen LogP contribution in [0.1, 0.15) is 29.6 Å². The number of carboxylic acids is 1. The molecule has 0 spiro atoms. The second-order valence-electron chi connectivity index (χ2n) is 6.74. The molecule has 0 radical (unpaired) electrons. The van der Waals surface area contributed by atoms with Gasteiger partial charge in [0.15, 0.2) is 0 Å². The zero-order valence-electron chi connectivity index (χ0n) is 13.7. The van der Waals surface area contributed by atoms with Gasteiger partial charge in [-0.1, -0.05) is 61.4 Å². The quantitative estimate of drug-likeness (QED) is 0.694. The van der Waals surface area contributed by atoms with Gasteiger partial charge in [-0.15, -0.1) is 0 Å². The van der Waals surface area contributed by atoms with E-state index in [-0.39, 0.29) is 5.91 Å². The predicted octanol–water partition coefficient (Wildman–Crippen LogP) is 3.98. The van der Waals surface area contributed by atoms with Crippen molar-refractivity contribution in [3.63, 3.8) is 0 Å². The lowest BCUT2D eigenvalue weighted by atomic mass is 9.96. The molecule has 1 amide bonds. The van der Waals surface area contributed by atoms with Crippen LogP contribution in [0.2, 0.25) is 0 Å². The van der Waals surface area contributed by atoms with E-state index in [0.717, 1.165) is 34.4 Å². The van der Waals surface area contributed by atoms with Crippen molar-refractivity contribution in [2.45, 2.75) is 25.3 Å². The number of amides is 1. The standard InChI is InChI=1S/C21H19NO3/c23-20(22-18(21(24)25)11-13-9-10-13)19-16-7-3-1-5-14(16)12-15-6-2-4-8-17(15)19/h1-8,12-13,18H,9-11H2,(H,22,23)(H,24,25)/t18-/m0/s1. The SMILES string of the molecule is O=C(N[C@@H](CC1CC1)C(=O)O)c1c2ccccc2cc2ccccc12. The fraction of sp³-hybridized carbons (Fsp3) is 0.238. The summed E-state index contributed by atoms with van der Waals surface area (Å²) >= 11 is 0. The molecule has 1 aliphatic carbocycles. The van der Waals surface area contributed by atoms with Gasteiger partial charge in [0.25, 0.3) is 5.91 Å². The molecule has 3 aromatic carbocycles. The zero-order valence-corrected chi connectivity index (χ0v) is 13.7. The van der Waals surface area contributed by atoms with E-state index in [4.69, 9.17) is 0 Å². The molecule has 0 aromatic heterocycles. The van der Waals surface area contributed by atoms with Gasteiger partial charge in [-0.3, -0.25) is 4.79 Å². The summed E-state index contributed by atoms with van der Waals surface area (Å²) in [5.74, 6) is -0.864. The Balaban J connectivity index is 1.79. The molecule has 0 saturated heterocycles. The fourth-order valence-electron chi connectivity index (χ4n) is 3.40. The molecule has 126 valence electrons. The number of hydrogen-bond acceptors (Lipinski definition) is 2. The van der Waals surface area contributed by atoms with Gasteiger partial charge >= 0.3 is 5.97 Å². The smallest absolute Gasteiger partial charge is 0.326 e. The zero-order chi connectivity index (χ0) is 17.4. The molecule has 1 fully saturated rings. The third kappa shape index (κ3) is 3.07. The van der Waals surface area contributed by atoms with Crippen LogP contribution < -0.4 is 5.32 Å². The van der Waals surface area contributed by atoms with Gasteiger partial charge in [0, 0.05) is 0 Å². The van der Waals surface area contributed by atoms with Crippen LogP contribution in [-0.4, -0.2) is 23.0 Å². The van der Waals surface area contributed by atoms with Crippen LogP contribution in [0.5, 0.6) is 0 Å². The highest BCUT2D eigenvalue weighted by molar-refractivity contribution is 6.18. The Kier molecular flexibility index (Phi) is 3.88. The molecule has 0 unspecified atom stereocenters. The number of hydrogen-bond donors (Lipinski definition) is 2. The first-order chi connectivity index (χ1) is 12.1. The maximum Gasteiger partial charge on any atom is 0.326 e. The largest absolute Gasteiger partial charge is 0.480 e. The molecule has 1 atom stereocenters. The number of benzene rings is 3. The molecule has 0 bridgehead atoms. The Morgan fingerprint density at radius 1 is 1.00 bits per heavy atom. The van der Waals surface area contributed by atoms with E-state index >= 15 is 0 Å². The third-order valence-electron chi connectivity index (χ3n) is 4.87. The lowest BCUT2D eigenvalue weighted by Crippen LogP contribution is -2.41. The molecular formula is C21H19NO3. The minimum atomic E-state index is -0.968. The van der Waals surface area contributed by atoms with Crippen LogP contribution in [-0.2, 0) is 4.79 Å². The summed E-state index contributed by atoms with van der Waals surface area (Å²) in [7, 11) is 0. The first-order valence-electron chi connectivity index (χ1n) is 8.57. The molecule has 1 aliphatic rings. The molecule has 4 heteroatoms. The maximum atomic E-state index is 13.0. The van der Waals surface area contributed by atoms with E-state index in [1.165, 1.54) is 0 Å². The number of fused-ring (bicyclic) bond motifs is 2. The lowest BCUT2D eigenvalue weighted by Gasteiger charge is -2.16. The molecular weight excluding hydrogens is 314 g/mol. The lowest BCUT2D eigenvalue weighted by molar-refractivity contribution is -0.139. The van der Waals surface area contributed by atoms with Crippen LogP contribution in [0.25, 0.3) is 21.5 Å². The van der Waals surface area contributed by atoms with Crippen molar-refractivity contribution in [1.29, 1.82) is 0 Å². The Hall–Kier alpha value is -2.88. The van der Waals surface area contributed by atoms with Crippen molar-refractivity contribution < 1.29 is 14.7 Å². The molecule has 3 aromatic rings. The van der Waals surface area contributed by atoms with E-state index in [1.54, 1.807) is 0 Å². The molecule has 4 rings (SSSR count). The predicted molar refractivity (Wildman–Crippen MR) is 97.7 cm³/mol. The van der Waals surface area contributed by atoms with E-state index < -0.39 is 12.0 Å². The number of carbonyl (C=O) groups is 2. The number of carboxylic acid groups (broad SMARTS) is 1. The second kappa shape index (κ2) is 6.20. The van der Waals surface area contributed by atoms with Gasteiger partial charge in [-0.05, 0) is 39.9 Å². The molecule has 0 heterocycles. The Bertz CT molecular complexity index is 921. The van der Waals surface area contributed by atoms with Gasteiger partial charge in [0.2, 0.25) is 0 Å². The van der Waals surface area contributed by atoms with Crippen molar-refractivity contribution in [1.82, 2.24) is 5.32 Å². The Morgan fingerprint density at radius 2 is 1.56 bits per heavy atom. The summed E-state index contributed by atoms with van der Waals surface area (Å²) in [6, 6.07) is 16.6. The first-order valence-corrected chi connectivity index (χ1v) is 8.57.